The molecule has 13 heavy (non-hydrogen) atoms. The van der Waals surface area contributed by atoms with E-state index in [9.17, 15) is 0 Å². The molecule has 0 saturated carbocycles. The van der Waals surface area contributed by atoms with Crippen LogP contribution in [-0.2, 0) is 9.47 Å². The van der Waals surface area contributed by atoms with Crippen LogP contribution in [0.2, 0.25) is 0 Å². The van der Waals surface area contributed by atoms with E-state index in [1.807, 2.05) is 13.8 Å². The van der Waals surface area contributed by atoms with Crippen molar-refractivity contribution in [3.05, 3.63) is 11.6 Å². The number of hydrogen-bond acceptors (Lipinski definition) is 2. The van der Waals surface area contributed by atoms with Gasteiger partial charge in [0.05, 0.1) is 13.2 Å². The lowest BCUT2D eigenvalue weighted by Crippen LogP contribution is -2.31. The van der Waals surface area contributed by atoms with Gasteiger partial charge in [-0.2, -0.15) is 0 Å². The Hall–Kier alpha value is -0.340. The summed E-state index contributed by atoms with van der Waals surface area (Å²) in [6.45, 7) is 7.71. The minimum atomic E-state index is -0.223. The molecule has 1 saturated heterocycles. The van der Waals surface area contributed by atoms with Crippen molar-refractivity contribution in [2.45, 2.75) is 45.8 Å². The molecule has 0 atom stereocenters. The molecule has 1 aliphatic carbocycles. The molecular weight excluding hydrogens is 164 g/mol. The fourth-order valence-electron chi connectivity index (χ4n) is 1.68. The second-order valence-corrected chi connectivity index (χ2v) is 3.36. The average molecular weight is 184 g/mol. The first-order chi connectivity index (χ1) is 6.31. The standard InChI is InChI=1S/C9H14O2.C2H6/c1-8-2-4-9(5-3-8)10-6-7-11-9;1-2/h2H,3-7H2,1H3;1-2H3. The Labute approximate surface area is 80.9 Å². The van der Waals surface area contributed by atoms with E-state index in [-0.39, 0.29) is 5.79 Å². The average Bonchev–Trinajstić information content (AvgIpc) is 2.63. The van der Waals surface area contributed by atoms with E-state index < -0.39 is 0 Å². The fraction of sp³-hybridized carbons (Fsp3) is 0.818. The fourth-order valence-corrected chi connectivity index (χ4v) is 1.68. The van der Waals surface area contributed by atoms with Gasteiger partial charge >= 0.3 is 0 Å². The van der Waals surface area contributed by atoms with Crippen molar-refractivity contribution in [2.24, 2.45) is 0 Å². The molecule has 76 valence electrons. The summed E-state index contributed by atoms with van der Waals surface area (Å²) in [4.78, 5) is 0. The highest BCUT2D eigenvalue weighted by Crippen LogP contribution is 2.34. The highest BCUT2D eigenvalue weighted by atomic mass is 16.7. The van der Waals surface area contributed by atoms with Gasteiger partial charge in [-0.1, -0.05) is 25.5 Å². The van der Waals surface area contributed by atoms with Crippen LogP contribution in [0.4, 0.5) is 0 Å². The summed E-state index contributed by atoms with van der Waals surface area (Å²) in [6, 6.07) is 0. The molecule has 0 aromatic heterocycles. The Balaban J connectivity index is 0.000000396. The van der Waals surface area contributed by atoms with Gasteiger partial charge < -0.3 is 9.47 Å². The van der Waals surface area contributed by atoms with E-state index in [2.05, 4.69) is 13.0 Å². The van der Waals surface area contributed by atoms with Crippen LogP contribution >= 0.6 is 0 Å². The minimum absolute atomic E-state index is 0.223. The van der Waals surface area contributed by atoms with E-state index >= 15 is 0 Å². The van der Waals surface area contributed by atoms with Crippen LogP contribution in [0, 0.1) is 0 Å². The number of ether oxygens (including phenoxy) is 2. The summed E-state index contributed by atoms with van der Waals surface area (Å²) in [5.74, 6) is -0.223. The first-order valence-corrected chi connectivity index (χ1v) is 5.24. The first kappa shape index (κ1) is 10.7. The van der Waals surface area contributed by atoms with Crippen molar-refractivity contribution >= 4 is 0 Å². The zero-order valence-corrected chi connectivity index (χ0v) is 8.93. The first-order valence-electron chi connectivity index (χ1n) is 5.24. The Kier molecular flexibility index (Phi) is 3.94. The van der Waals surface area contributed by atoms with Crippen molar-refractivity contribution < 1.29 is 9.47 Å². The van der Waals surface area contributed by atoms with Gasteiger partial charge in [-0.25, -0.2) is 0 Å². The molecule has 1 fully saturated rings. The number of allylic oxidation sites excluding steroid dienone is 1. The highest BCUT2D eigenvalue weighted by Gasteiger charge is 2.36. The molecule has 2 heteroatoms. The second kappa shape index (κ2) is 4.77. The highest BCUT2D eigenvalue weighted by molar-refractivity contribution is 5.06. The summed E-state index contributed by atoms with van der Waals surface area (Å²) in [7, 11) is 0. The summed E-state index contributed by atoms with van der Waals surface area (Å²) < 4.78 is 11.1. The SMILES string of the molecule is CC.CC1=CCC2(CC1)OCCO2. The van der Waals surface area contributed by atoms with Gasteiger partial charge in [-0.3, -0.25) is 0 Å². The van der Waals surface area contributed by atoms with E-state index in [4.69, 9.17) is 9.47 Å². The van der Waals surface area contributed by atoms with E-state index in [1.54, 1.807) is 0 Å². The Morgan fingerprint density at radius 2 is 1.85 bits per heavy atom. The second-order valence-electron chi connectivity index (χ2n) is 3.36. The smallest absolute Gasteiger partial charge is 0.172 e. The van der Waals surface area contributed by atoms with Gasteiger partial charge in [-0.05, 0) is 13.3 Å². The normalized spacial score (nSPS) is 25.0. The van der Waals surface area contributed by atoms with Crippen molar-refractivity contribution in [1.29, 1.82) is 0 Å². The van der Waals surface area contributed by atoms with Crippen molar-refractivity contribution in [3.63, 3.8) is 0 Å². The quantitative estimate of drug-likeness (QED) is 0.539. The molecule has 2 aliphatic rings. The molecule has 0 aromatic carbocycles. The molecule has 1 spiro atoms. The van der Waals surface area contributed by atoms with Gasteiger partial charge in [0.2, 0.25) is 0 Å². The summed E-state index contributed by atoms with van der Waals surface area (Å²) in [5, 5.41) is 0. The number of hydrogen-bond donors (Lipinski definition) is 0. The van der Waals surface area contributed by atoms with Crippen LogP contribution in [0.25, 0.3) is 0 Å². The summed E-state index contributed by atoms with van der Waals surface area (Å²) >= 11 is 0. The Morgan fingerprint density at radius 3 is 2.31 bits per heavy atom. The molecule has 0 radical (unpaired) electrons. The lowest BCUT2D eigenvalue weighted by Gasteiger charge is -2.29. The van der Waals surface area contributed by atoms with Crippen LogP contribution in [0.1, 0.15) is 40.0 Å². The molecular formula is C11H20O2. The lowest BCUT2D eigenvalue weighted by molar-refractivity contribution is -0.161. The zero-order chi connectivity index (χ0) is 9.73. The zero-order valence-electron chi connectivity index (χ0n) is 8.93. The molecule has 0 aromatic rings. The molecule has 2 rings (SSSR count). The van der Waals surface area contributed by atoms with Gasteiger partial charge in [0.25, 0.3) is 0 Å². The lowest BCUT2D eigenvalue weighted by atomic mass is 9.95. The third kappa shape index (κ3) is 2.55. The maximum atomic E-state index is 5.56. The molecule has 1 heterocycles. The monoisotopic (exact) mass is 184 g/mol. The third-order valence-corrected chi connectivity index (χ3v) is 2.48. The van der Waals surface area contributed by atoms with Gasteiger partial charge in [-0.15, -0.1) is 0 Å². The minimum Gasteiger partial charge on any atom is -0.347 e. The van der Waals surface area contributed by atoms with Crippen molar-refractivity contribution in [2.75, 3.05) is 13.2 Å². The van der Waals surface area contributed by atoms with Crippen LogP contribution in [0.5, 0.6) is 0 Å². The molecule has 2 nitrogen and oxygen atoms in total. The van der Waals surface area contributed by atoms with Crippen molar-refractivity contribution in [1.82, 2.24) is 0 Å². The largest absolute Gasteiger partial charge is 0.347 e. The van der Waals surface area contributed by atoms with Gasteiger partial charge in [0, 0.05) is 12.8 Å². The predicted molar refractivity (Wildman–Crippen MR) is 53.6 cm³/mol. The van der Waals surface area contributed by atoms with Crippen molar-refractivity contribution in [3.8, 4) is 0 Å². The maximum Gasteiger partial charge on any atom is 0.172 e. The van der Waals surface area contributed by atoms with Crippen LogP contribution in [0.15, 0.2) is 11.6 Å². The van der Waals surface area contributed by atoms with Crippen LogP contribution in [-0.4, -0.2) is 19.0 Å². The molecule has 0 unspecified atom stereocenters. The molecule has 0 amide bonds. The Bertz CT molecular complexity index is 179. The van der Waals surface area contributed by atoms with E-state index in [0.29, 0.717) is 0 Å². The number of rotatable bonds is 0. The van der Waals surface area contributed by atoms with Crippen LogP contribution in [0.3, 0.4) is 0 Å². The molecule has 0 N–H and O–H groups in total. The maximum absolute atomic E-state index is 5.56. The predicted octanol–water partition coefficient (Wildman–Crippen LogP) is 2.89. The summed E-state index contributed by atoms with van der Waals surface area (Å²) in [6.07, 6.45) is 5.34. The van der Waals surface area contributed by atoms with Gasteiger partial charge in [0.1, 0.15) is 0 Å². The molecule has 0 bridgehead atoms. The summed E-state index contributed by atoms with van der Waals surface area (Å²) in [5.41, 5.74) is 1.47. The van der Waals surface area contributed by atoms with Gasteiger partial charge in [0.15, 0.2) is 5.79 Å². The van der Waals surface area contributed by atoms with E-state index in [1.165, 1.54) is 5.57 Å². The van der Waals surface area contributed by atoms with E-state index in [0.717, 1.165) is 32.5 Å². The third-order valence-electron chi connectivity index (χ3n) is 2.48. The molecule has 1 aliphatic heterocycles. The topological polar surface area (TPSA) is 18.5 Å². The van der Waals surface area contributed by atoms with Crippen LogP contribution < -0.4 is 0 Å². The Morgan fingerprint density at radius 1 is 1.23 bits per heavy atom.